The number of fused-ring (bicyclic) bond motifs is 1. The normalized spacial score (nSPS) is 16.0. The summed E-state index contributed by atoms with van der Waals surface area (Å²) in [5, 5.41) is 11.5. The Hall–Kier alpha value is -2.32. The smallest absolute Gasteiger partial charge is 0.239 e. The standard InChI is InChI=1S/C18H19BrN6O/c19-14-4-5-15(20-11-14)21-17(26)12-24-9-6-13(7-10-24)18-23-22-16-3-1-2-8-25(16)18/h1-5,8,11,13H,6-7,9-10,12H2,(H,20,21,26). The van der Waals surface area contributed by atoms with Gasteiger partial charge in [0.2, 0.25) is 5.91 Å². The van der Waals surface area contributed by atoms with E-state index in [1.54, 1.807) is 12.3 Å². The monoisotopic (exact) mass is 414 g/mol. The third-order valence-electron chi connectivity index (χ3n) is 4.65. The molecule has 0 aliphatic carbocycles. The van der Waals surface area contributed by atoms with Crippen LogP contribution in [0.1, 0.15) is 24.6 Å². The number of anilines is 1. The molecule has 26 heavy (non-hydrogen) atoms. The molecule has 0 spiro atoms. The molecule has 8 heteroatoms. The summed E-state index contributed by atoms with van der Waals surface area (Å²) in [5.41, 5.74) is 0.881. The molecule has 1 amide bonds. The van der Waals surface area contributed by atoms with Crippen LogP contribution in [0, 0.1) is 0 Å². The van der Waals surface area contributed by atoms with Gasteiger partial charge in [-0.05, 0) is 66.1 Å². The second kappa shape index (κ2) is 7.51. The summed E-state index contributed by atoms with van der Waals surface area (Å²) in [6, 6.07) is 9.57. The zero-order valence-electron chi connectivity index (χ0n) is 14.2. The molecule has 4 rings (SSSR count). The number of pyridine rings is 2. The highest BCUT2D eigenvalue weighted by atomic mass is 79.9. The number of carbonyl (C=O) groups excluding carboxylic acids is 1. The van der Waals surface area contributed by atoms with Crippen molar-refractivity contribution >= 4 is 33.3 Å². The van der Waals surface area contributed by atoms with Gasteiger partial charge >= 0.3 is 0 Å². The molecule has 0 unspecified atom stereocenters. The Bertz CT molecular complexity index is 901. The van der Waals surface area contributed by atoms with Gasteiger partial charge in [0.25, 0.3) is 0 Å². The number of aromatic nitrogens is 4. The fourth-order valence-electron chi connectivity index (χ4n) is 3.32. The summed E-state index contributed by atoms with van der Waals surface area (Å²) >= 11 is 3.33. The van der Waals surface area contributed by atoms with E-state index in [1.807, 2.05) is 30.5 Å². The lowest BCUT2D eigenvalue weighted by Gasteiger charge is -2.30. The van der Waals surface area contributed by atoms with Crippen molar-refractivity contribution in [3.63, 3.8) is 0 Å². The van der Waals surface area contributed by atoms with E-state index in [4.69, 9.17) is 0 Å². The van der Waals surface area contributed by atoms with E-state index in [1.165, 1.54) is 0 Å². The summed E-state index contributed by atoms with van der Waals surface area (Å²) in [4.78, 5) is 18.6. The molecular weight excluding hydrogens is 396 g/mol. The molecule has 0 saturated carbocycles. The van der Waals surface area contributed by atoms with Gasteiger partial charge in [0.05, 0.1) is 6.54 Å². The number of nitrogens with one attached hydrogen (secondary N) is 1. The van der Waals surface area contributed by atoms with Gasteiger partial charge in [0.1, 0.15) is 11.6 Å². The summed E-state index contributed by atoms with van der Waals surface area (Å²) in [6.45, 7) is 2.12. The number of piperidine rings is 1. The Morgan fingerprint density at radius 2 is 2.04 bits per heavy atom. The minimum absolute atomic E-state index is 0.0359. The third kappa shape index (κ3) is 3.76. The largest absolute Gasteiger partial charge is 0.310 e. The van der Waals surface area contributed by atoms with Gasteiger partial charge in [0, 0.05) is 22.8 Å². The molecule has 1 aliphatic heterocycles. The molecule has 4 heterocycles. The number of hydrogen-bond acceptors (Lipinski definition) is 5. The van der Waals surface area contributed by atoms with E-state index in [-0.39, 0.29) is 5.91 Å². The lowest BCUT2D eigenvalue weighted by molar-refractivity contribution is -0.117. The summed E-state index contributed by atoms with van der Waals surface area (Å²) in [6.07, 6.45) is 5.62. The highest BCUT2D eigenvalue weighted by Gasteiger charge is 2.25. The van der Waals surface area contributed by atoms with Crippen LogP contribution in [0.3, 0.4) is 0 Å². The maximum Gasteiger partial charge on any atom is 0.239 e. The molecule has 0 atom stereocenters. The van der Waals surface area contributed by atoms with Crippen molar-refractivity contribution in [3.05, 3.63) is 53.0 Å². The highest BCUT2D eigenvalue weighted by Crippen LogP contribution is 2.26. The number of amides is 1. The van der Waals surface area contributed by atoms with Crippen molar-refractivity contribution < 1.29 is 4.79 Å². The molecule has 1 fully saturated rings. The third-order valence-corrected chi connectivity index (χ3v) is 5.12. The summed E-state index contributed by atoms with van der Waals surface area (Å²) in [7, 11) is 0. The second-order valence-corrected chi connectivity index (χ2v) is 7.36. The molecule has 134 valence electrons. The van der Waals surface area contributed by atoms with Crippen LogP contribution >= 0.6 is 15.9 Å². The maximum absolute atomic E-state index is 12.2. The second-order valence-electron chi connectivity index (χ2n) is 6.45. The maximum atomic E-state index is 12.2. The van der Waals surface area contributed by atoms with Crippen molar-refractivity contribution in [2.24, 2.45) is 0 Å². The quantitative estimate of drug-likeness (QED) is 0.709. The van der Waals surface area contributed by atoms with Crippen LogP contribution in [0.5, 0.6) is 0 Å². The van der Waals surface area contributed by atoms with E-state index in [0.717, 1.165) is 41.9 Å². The summed E-state index contributed by atoms with van der Waals surface area (Å²) in [5.74, 6) is 1.93. The number of rotatable bonds is 4. The van der Waals surface area contributed by atoms with E-state index in [2.05, 4.69) is 45.7 Å². The Balaban J connectivity index is 1.32. The first kappa shape index (κ1) is 17.1. The van der Waals surface area contributed by atoms with Crippen LogP contribution < -0.4 is 5.32 Å². The van der Waals surface area contributed by atoms with Crippen LogP contribution in [0.4, 0.5) is 5.82 Å². The van der Waals surface area contributed by atoms with Crippen LogP contribution in [0.15, 0.2) is 47.2 Å². The van der Waals surface area contributed by atoms with E-state index >= 15 is 0 Å². The minimum atomic E-state index is -0.0359. The van der Waals surface area contributed by atoms with Gasteiger partial charge in [-0.25, -0.2) is 4.98 Å². The SMILES string of the molecule is O=C(CN1CCC(c2nnc3ccccn23)CC1)Nc1ccc(Br)cn1. The molecule has 1 N–H and O–H groups in total. The number of halogens is 1. The average molecular weight is 415 g/mol. The fourth-order valence-corrected chi connectivity index (χ4v) is 3.56. The highest BCUT2D eigenvalue weighted by molar-refractivity contribution is 9.10. The molecule has 0 radical (unpaired) electrons. The van der Waals surface area contributed by atoms with Crippen LogP contribution in [-0.4, -0.2) is 50.0 Å². The fraction of sp³-hybridized carbons (Fsp3) is 0.333. The molecule has 7 nitrogen and oxygen atoms in total. The first-order valence-corrected chi connectivity index (χ1v) is 9.42. The van der Waals surface area contributed by atoms with Gasteiger partial charge < -0.3 is 5.32 Å². The zero-order valence-corrected chi connectivity index (χ0v) is 15.8. The Labute approximate surface area is 159 Å². The molecular formula is C18H19BrN6O. The average Bonchev–Trinajstić information content (AvgIpc) is 3.08. The first-order chi connectivity index (χ1) is 12.7. The topological polar surface area (TPSA) is 75.4 Å². The lowest BCUT2D eigenvalue weighted by Crippen LogP contribution is -2.39. The molecule has 0 bridgehead atoms. The van der Waals surface area contributed by atoms with E-state index < -0.39 is 0 Å². The Kier molecular flexibility index (Phi) is 4.94. The summed E-state index contributed by atoms with van der Waals surface area (Å²) < 4.78 is 2.95. The van der Waals surface area contributed by atoms with Crippen molar-refractivity contribution in [1.82, 2.24) is 24.5 Å². The molecule has 3 aromatic heterocycles. The van der Waals surface area contributed by atoms with Crippen molar-refractivity contribution in [2.45, 2.75) is 18.8 Å². The lowest BCUT2D eigenvalue weighted by atomic mass is 9.96. The molecule has 0 aromatic carbocycles. The van der Waals surface area contributed by atoms with E-state index in [0.29, 0.717) is 18.3 Å². The first-order valence-electron chi connectivity index (χ1n) is 8.62. The molecule has 3 aromatic rings. The van der Waals surface area contributed by atoms with Crippen molar-refractivity contribution in [3.8, 4) is 0 Å². The number of likely N-dealkylation sites (tertiary alicyclic amines) is 1. The number of hydrogen-bond donors (Lipinski definition) is 1. The predicted molar refractivity (Wildman–Crippen MR) is 102 cm³/mol. The number of nitrogens with zero attached hydrogens (tertiary/aromatic N) is 5. The van der Waals surface area contributed by atoms with Gasteiger partial charge in [-0.1, -0.05) is 6.07 Å². The Morgan fingerprint density at radius 3 is 2.81 bits per heavy atom. The van der Waals surface area contributed by atoms with Gasteiger partial charge in [-0.2, -0.15) is 0 Å². The van der Waals surface area contributed by atoms with Gasteiger partial charge in [-0.15, -0.1) is 10.2 Å². The van der Waals surface area contributed by atoms with Gasteiger partial charge in [-0.3, -0.25) is 14.1 Å². The molecule has 1 aliphatic rings. The van der Waals surface area contributed by atoms with Crippen LogP contribution in [-0.2, 0) is 4.79 Å². The van der Waals surface area contributed by atoms with Crippen LogP contribution in [0.2, 0.25) is 0 Å². The number of carbonyl (C=O) groups is 1. The van der Waals surface area contributed by atoms with E-state index in [9.17, 15) is 4.79 Å². The van der Waals surface area contributed by atoms with Gasteiger partial charge in [0.15, 0.2) is 5.65 Å². The zero-order chi connectivity index (χ0) is 17.9. The van der Waals surface area contributed by atoms with Crippen molar-refractivity contribution in [1.29, 1.82) is 0 Å². The van der Waals surface area contributed by atoms with Crippen LogP contribution in [0.25, 0.3) is 5.65 Å². The molecule has 1 saturated heterocycles. The Morgan fingerprint density at radius 1 is 1.19 bits per heavy atom. The predicted octanol–water partition coefficient (Wildman–Crippen LogP) is 2.70. The van der Waals surface area contributed by atoms with Crippen molar-refractivity contribution in [2.75, 3.05) is 25.0 Å². The minimum Gasteiger partial charge on any atom is -0.310 e.